The van der Waals surface area contributed by atoms with Crippen molar-refractivity contribution in [3.05, 3.63) is 23.8 Å². The molecule has 1 aromatic rings. The molecule has 0 aromatic heterocycles. The molecule has 0 atom stereocenters. The number of carbonyl (C=O) groups is 1. The Kier molecular flexibility index (Phi) is 3.78. The van der Waals surface area contributed by atoms with Crippen LogP contribution in [0.4, 0.5) is 5.69 Å². The predicted octanol–water partition coefficient (Wildman–Crippen LogP) is 2.19. The molecule has 2 rings (SSSR count). The van der Waals surface area contributed by atoms with Gasteiger partial charge in [-0.3, -0.25) is 4.79 Å². The van der Waals surface area contributed by atoms with Crippen molar-refractivity contribution in [1.29, 1.82) is 5.26 Å². The second-order valence-electron chi connectivity index (χ2n) is 4.14. The van der Waals surface area contributed by atoms with E-state index in [1.54, 1.807) is 11.8 Å². The number of hydrogen-bond acceptors (Lipinski definition) is 4. The van der Waals surface area contributed by atoms with Gasteiger partial charge in [-0.1, -0.05) is 13.0 Å². The number of nitrogens with zero attached hydrogens (tertiary/aromatic N) is 2. The van der Waals surface area contributed by atoms with Gasteiger partial charge in [0.25, 0.3) is 0 Å². The average molecular weight is 262 g/mol. The van der Waals surface area contributed by atoms with Crippen LogP contribution in [0.1, 0.15) is 12.5 Å². The summed E-state index contributed by atoms with van der Waals surface area (Å²) in [4.78, 5) is 13.7. The summed E-state index contributed by atoms with van der Waals surface area (Å²) in [6.45, 7) is 3.02. The summed E-state index contributed by atoms with van der Waals surface area (Å²) in [7, 11) is 0. The molecule has 0 bridgehead atoms. The molecule has 1 aliphatic rings. The molecule has 1 aliphatic heterocycles. The molecule has 4 nitrogen and oxygen atoms in total. The molecule has 0 unspecified atom stereocenters. The SMILES string of the molecule is CCSc1cccc(N2CC(C(=O)O)C2)c1C#N. The number of thioether (sulfide) groups is 1. The maximum atomic E-state index is 10.8. The smallest absolute Gasteiger partial charge is 0.310 e. The second kappa shape index (κ2) is 5.32. The third kappa shape index (κ3) is 2.29. The van der Waals surface area contributed by atoms with Gasteiger partial charge in [0.15, 0.2) is 0 Å². The Morgan fingerprint density at radius 2 is 2.33 bits per heavy atom. The zero-order valence-corrected chi connectivity index (χ0v) is 10.9. The topological polar surface area (TPSA) is 64.3 Å². The van der Waals surface area contributed by atoms with Gasteiger partial charge in [0.2, 0.25) is 0 Å². The van der Waals surface area contributed by atoms with Crippen molar-refractivity contribution in [2.75, 3.05) is 23.7 Å². The van der Waals surface area contributed by atoms with Crippen molar-refractivity contribution < 1.29 is 9.90 Å². The maximum absolute atomic E-state index is 10.8. The molecule has 1 saturated heterocycles. The van der Waals surface area contributed by atoms with Crippen LogP contribution in [0.3, 0.4) is 0 Å². The highest BCUT2D eigenvalue weighted by molar-refractivity contribution is 7.99. The molecule has 1 fully saturated rings. The molecule has 94 valence electrons. The Balaban J connectivity index is 2.22. The van der Waals surface area contributed by atoms with E-state index in [9.17, 15) is 10.1 Å². The van der Waals surface area contributed by atoms with E-state index in [1.807, 2.05) is 30.0 Å². The van der Waals surface area contributed by atoms with E-state index in [-0.39, 0.29) is 5.92 Å². The Morgan fingerprint density at radius 3 is 2.89 bits per heavy atom. The van der Waals surface area contributed by atoms with Crippen LogP contribution in [0.15, 0.2) is 23.1 Å². The molecule has 1 aromatic carbocycles. The highest BCUT2D eigenvalue weighted by Gasteiger charge is 2.33. The quantitative estimate of drug-likeness (QED) is 0.843. The van der Waals surface area contributed by atoms with Gasteiger partial charge in [0.05, 0.1) is 17.2 Å². The molecule has 0 radical (unpaired) electrons. The number of anilines is 1. The van der Waals surface area contributed by atoms with Crippen LogP contribution in [0.25, 0.3) is 0 Å². The van der Waals surface area contributed by atoms with E-state index < -0.39 is 5.97 Å². The zero-order valence-electron chi connectivity index (χ0n) is 10.1. The van der Waals surface area contributed by atoms with E-state index in [4.69, 9.17) is 5.11 Å². The van der Waals surface area contributed by atoms with Crippen LogP contribution < -0.4 is 4.90 Å². The second-order valence-corrected chi connectivity index (χ2v) is 5.44. The zero-order chi connectivity index (χ0) is 13.1. The first-order valence-electron chi connectivity index (χ1n) is 5.81. The van der Waals surface area contributed by atoms with Crippen LogP contribution in [0.2, 0.25) is 0 Å². The van der Waals surface area contributed by atoms with E-state index >= 15 is 0 Å². The fourth-order valence-corrected chi connectivity index (χ4v) is 2.78. The summed E-state index contributed by atoms with van der Waals surface area (Å²) < 4.78 is 0. The molecular weight excluding hydrogens is 248 g/mol. The lowest BCUT2D eigenvalue weighted by Gasteiger charge is -2.39. The van der Waals surface area contributed by atoms with Crippen molar-refractivity contribution >= 4 is 23.4 Å². The molecule has 0 spiro atoms. The van der Waals surface area contributed by atoms with Gasteiger partial charge in [-0.2, -0.15) is 5.26 Å². The maximum Gasteiger partial charge on any atom is 0.310 e. The third-order valence-electron chi connectivity index (χ3n) is 2.99. The van der Waals surface area contributed by atoms with E-state index in [1.165, 1.54) is 0 Å². The number of carboxylic acid groups (broad SMARTS) is 1. The molecule has 0 saturated carbocycles. The predicted molar refractivity (Wildman–Crippen MR) is 70.9 cm³/mol. The standard InChI is InChI=1S/C13H14N2O2S/c1-2-18-12-5-3-4-11(10(12)6-14)15-7-9(8-15)13(16)17/h3-5,9H,2,7-8H2,1H3,(H,16,17). The first-order chi connectivity index (χ1) is 8.67. The minimum atomic E-state index is -0.760. The van der Waals surface area contributed by atoms with Crippen LogP contribution >= 0.6 is 11.8 Å². The van der Waals surface area contributed by atoms with Gasteiger partial charge >= 0.3 is 5.97 Å². The Morgan fingerprint density at radius 1 is 1.61 bits per heavy atom. The van der Waals surface area contributed by atoms with E-state index in [0.717, 1.165) is 16.3 Å². The van der Waals surface area contributed by atoms with Gasteiger partial charge in [-0.15, -0.1) is 11.8 Å². The molecule has 18 heavy (non-hydrogen) atoms. The summed E-state index contributed by atoms with van der Waals surface area (Å²) in [6.07, 6.45) is 0. The van der Waals surface area contributed by atoms with Gasteiger partial charge < -0.3 is 10.0 Å². The number of benzene rings is 1. The van der Waals surface area contributed by atoms with Crippen LogP contribution in [0.5, 0.6) is 0 Å². The minimum absolute atomic E-state index is 0.306. The first-order valence-corrected chi connectivity index (χ1v) is 6.79. The van der Waals surface area contributed by atoms with E-state index in [2.05, 4.69) is 6.07 Å². The minimum Gasteiger partial charge on any atom is -0.481 e. The number of carboxylic acids is 1. The normalized spacial score (nSPS) is 15.0. The number of hydrogen-bond donors (Lipinski definition) is 1. The fraction of sp³-hybridized carbons (Fsp3) is 0.385. The van der Waals surface area contributed by atoms with Crippen molar-refractivity contribution in [3.8, 4) is 6.07 Å². The lowest BCUT2D eigenvalue weighted by molar-refractivity contribution is -0.142. The molecular formula is C13H14N2O2S. The molecule has 0 aliphatic carbocycles. The number of rotatable bonds is 4. The molecule has 0 amide bonds. The largest absolute Gasteiger partial charge is 0.481 e. The van der Waals surface area contributed by atoms with Crippen molar-refractivity contribution in [3.63, 3.8) is 0 Å². The van der Waals surface area contributed by atoms with Gasteiger partial charge in [-0.05, 0) is 17.9 Å². The lowest BCUT2D eigenvalue weighted by Crippen LogP contribution is -2.50. The Bertz CT molecular complexity index is 504. The average Bonchev–Trinajstić information content (AvgIpc) is 2.27. The highest BCUT2D eigenvalue weighted by atomic mass is 32.2. The van der Waals surface area contributed by atoms with Gasteiger partial charge in [-0.25, -0.2) is 0 Å². The summed E-state index contributed by atoms with van der Waals surface area (Å²) in [5.74, 6) is -0.154. The Labute approximate surface area is 110 Å². The van der Waals surface area contributed by atoms with Gasteiger partial charge in [0.1, 0.15) is 6.07 Å². The number of nitriles is 1. The highest BCUT2D eigenvalue weighted by Crippen LogP contribution is 2.33. The summed E-state index contributed by atoms with van der Waals surface area (Å²) >= 11 is 1.63. The third-order valence-corrected chi connectivity index (χ3v) is 3.93. The van der Waals surface area contributed by atoms with Crippen LogP contribution in [-0.4, -0.2) is 29.9 Å². The first kappa shape index (κ1) is 12.8. The summed E-state index contributed by atoms with van der Waals surface area (Å²) in [6, 6.07) is 7.97. The summed E-state index contributed by atoms with van der Waals surface area (Å²) in [5, 5.41) is 18.1. The molecule has 1 heterocycles. The Hall–Kier alpha value is -1.67. The monoisotopic (exact) mass is 262 g/mol. The van der Waals surface area contributed by atoms with Crippen LogP contribution in [0, 0.1) is 17.2 Å². The lowest BCUT2D eigenvalue weighted by atomic mass is 9.98. The molecule has 5 heteroatoms. The molecule has 1 N–H and O–H groups in total. The number of aliphatic carboxylic acids is 1. The van der Waals surface area contributed by atoms with Crippen molar-refractivity contribution in [1.82, 2.24) is 0 Å². The van der Waals surface area contributed by atoms with Crippen LogP contribution in [-0.2, 0) is 4.79 Å². The van der Waals surface area contributed by atoms with Gasteiger partial charge in [0, 0.05) is 18.0 Å². The summed E-state index contributed by atoms with van der Waals surface area (Å²) in [5.41, 5.74) is 1.52. The van der Waals surface area contributed by atoms with E-state index in [0.29, 0.717) is 18.7 Å². The van der Waals surface area contributed by atoms with Crippen molar-refractivity contribution in [2.24, 2.45) is 5.92 Å². The van der Waals surface area contributed by atoms with Crippen molar-refractivity contribution in [2.45, 2.75) is 11.8 Å². The fourth-order valence-electron chi connectivity index (χ4n) is 2.00.